The van der Waals surface area contributed by atoms with E-state index in [1.54, 1.807) is 0 Å². The maximum Gasteiger partial charge on any atom is 0.377 e. The van der Waals surface area contributed by atoms with E-state index in [0.717, 1.165) is 19.3 Å². The molecule has 0 saturated carbocycles. The van der Waals surface area contributed by atoms with E-state index in [-0.39, 0.29) is 0 Å². The van der Waals surface area contributed by atoms with Gasteiger partial charge in [-0.3, -0.25) is 0 Å². The lowest BCUT2D eigenvalue weighted by molar-refractivity contribution is -0.159. The number of carbonyl (C=O) groups excluding carboxylic acids is 1. The fraction of sp³-hybridized carbons (Fsp3) is 0.727. The van der Waals surface area contributed by atoms with E-state index < -0.39 is 24.4 Å². The molecule has 3 nitrogen and oxygen atoms in total. The molecule has 0 radical (unpaired) electrons. The quantitative estimate of drug-likeness (QED) is 0.592. The van der Waals surface area contributed by atoms with Gasteiger partial charge >= 0.3 is 11.9 Å². The third-order valence-corrected chi connectivity index (χ3v) is 2.96. The van der Waals surface area contributed by atoms with Crippen LogP contribution in [0.25, 0.3) is 0 Å². The number of cyclic esters (lactones) is 1. The van der Waals surface area contributed by atoms with Gasteiger partial charge in [-0.1, -0.05) is 12.2 Å². The fourth-order valence-corrected chi connectivity index (χ4v) is 2.04. The van der Waals surface area contributed by atoms with Gasteiger partial charge in [0.05, 0.1) is 6.42 Å². The van der Waals surface area contributed by atoms with Gasteiger partial charge in [0, 0.05) is 12.6 Å². The van der Waals surface area contributed by atoms with Crippen molar-refractivity contribution in [1.29, 1.82) is 0 Å². The molecule has 0 aromatic rings. The Labute approximate surface area is 92.8 Å². The summed E-state index contributed by atoms with van der Waals surface area (Å²) in [5, 5.41) is 3.16. The Balaban J connectivity index is 1.75. The number of allylic oxidation sites excluding steroid dienone is 1. The summed E-state index contributed by atoms with van der Waals surface area (Å²) in [6.07, 6.45) is 5.94. The zero-order valence-electron chi connectivity index (χ0n) is 8.92. The molecule has 2 rings (SSSR count). The minimum atomic E-state index is -3.29. The molecular weight excluding hydrogens is 216 g/mol. The lowest BCUT2D eigenvalue weighted by Gasteiger charge is -2.20. The molecular formula is C11H15F2NO2. The minimum absolute atomic E-state index is 0.318. The summed E-state index contributed by atoms with van der Waals surface area (Å²) in [7, 11) is 0. The highest BCUT2D eigenvalue weighted by Gasteiger charge is 2.50. The first-order valence-corrected chi connectivity index (χ1v) is 5.55. The van der Waals surface area contributed by atoms with Gasteiger partial charge in [0.25, 0.3) is 0 Å². The number of ether oxygens (including phenoxy) is 1. The smallest absolute Gasteiger partial charge is 0.377 e. The van der Waals surface area contributed by atoms with Crippen molar-refractivity contribution in [3.8, 4) is 0 Å². The summed E-state index contributed by atoms with van der Waals surface area (Å²) in [6.45, 7) is 0.319. The Morgan fingerprint density at radius 2 is 2.31 bits per heavy atom. The van der Waals surface area contributed by atoms with Crippen LogP contribution in [0, 0.1) is 0 Å². The average molecular weight is 231 g/mol. The number of carbonyl (C=O) groups is 1. The molecule has 2 aliphatic rings. The molecule has 0 bridgehead atoms. The Morgan fingerprint density at radius 3 is 2.88 bits per heavy atom. The molecule has 1 aliphatic carbocycles. The first-order valence-electron chi connectivity index (χ1n) is 5.55. The standard InChI is InChI=1S/C11H15F2NO2/c12-11(13)6-9(16-10(11)15)7-14-8-4-2-1-3-5-8/h1-2,8-9,14H,3-7H2. The monoisotopic (exact) mass is 231 g/mol. The van der Waals surface area contributed by atoms with Crippen molar-refractivity contribution in [3.63, 3.8) is 0 Å². The van der Waals surface area contributed by atoms with Crippen LogP contribution in [0.1, 0.15) is 25.7 Å². The highest BCUT2D eigenvalue weighted by Crippen LogP contribution is 2.30. The molecule has 1 N–H and O–H groups in total. The molecule has 0 spiro atoms. The molecule has 0 amide bonds. The normalized spacial score (nSPS) is 32.8. The van der Waals surface area contributed by atoms with Crippen LogP contribution < -0.4 is 5.32 Å². The van der Waals surface area contributed by atoms with Gasteiger partial charge < -0.3 is 10.1 Å². The molecule has 5 heteroatoms. The van der Waals surface area contributed by atoms with Crippen LogP contribution in [0.5, 0.6) is 0 Å². The Bertz CT molecular complexity index is 304. The molecule has 2 unspecified atom stereocenters. The summed E-state index contributed by atoms with van der Waals surface area (Å²) in [4.78, 5) is 10.7. The van der Waals surface area contributed by atoms with E-state index in [9.17, 15) is 13.6 Å². The number of rotatable bonds is 3. The van der Waals surface area contributed by atoms with E-state index in [0.29, 0.717) is 12.6 Å². The number of esters is 1. The van der Waals surface area contributed by atoms with Gasteiger partial charge in [-0.2, -0.15) is 8.78 Å². The predicted octanol–water partition coefficient (Wildman–Crippen LogP) is 1.64. The van der Waals surface area contributed by atoms with E-state index >= 15 is 0 Å². The van der Waals surface area contributed by atoms with Gasteiger partial charge in [-0.15, -0.1) is 0 Å². The molecule has 0 aromatic carbocycles. The van der Waals surface area contributed by atoms with Gasteiger partial charge in [0.2, 0.25) is 0 Å². The fourth-order valence-electron chi connectivity index (χ4n) is 2.04. The number of hydrogen-bond donors (Lipinski definition) is 1. The van der Waals surface area contributed by atoms with Crippen LogP contribution in [-0.4, -0.2) is 30.6 Å². The number of alkyl halides is 2. The van der Waals surface area contributed by atoms with Gasteiger partial charge in [-0.05, 0) is 19.3 Å². The number of halogens is 2. The third kappa shape index (κ3) is 2.58. The van der Waals surface area contributed by atoms with Crippen molar-refractivity contribution in [3.05, 3.63) is 12.2 Å². The largest absolute Gasteiger partial charge is 0.456 e. The van der Waals surface area contributed by atoms with Crippen molar-refractivity contribution in [1.82, 2.24) is 5.32 Å². The minimum Gasteiger partial charge on any atom is -0.456 e. The van der Waals surface area contributed by atoms with Gasteiger partial charge in [0.1, 0.15) is 6.10 Å². The van der Waals surface area contributed by atoms with Crippen molar-refractivity contribution in [2.24, 2.45) is 0 Å². The SMILES string of the molecule is O=C1OC(CNC2CC=CCC2)CC1(F)F. The van der Waals surface area contributed by atoms with Crippen LogP contribution in [0.2, 0.25) is 0 Å². The molecule has 90 valence electrons. The molecule has 1 fully saturated rings. The highest BCUT2D eigenvalue weighted by atomic mass is 19.3. The van der Waals surface area contributed by atoms with Crippen LogP contribution in [-0.2, 0) is 9.53 Å². The molecule has 16 heavy (non-hydrogen) atoms. The first-order chi connectivity index (χ1) is 7.58. The maximum absolute atomic E-state index is 12.8. The van der Waals surface area contributed by atoms with E-state index in [2.05, 4.69) is 22.2 Å². The predicted molar refractivity (Wildman–Crippen MR) is 54.2 cm³/mol. The second kappa shape index (κ2) is 4.49. The number of hydrogen-bond acceptors (Lipinski definition) is 3. The van der Waals surface area contributed by atoms with Gasteiger partial charge in [0.15, 0.2) is 0 Å². The summed E-state index contributed by atoms with van der Waals surface area (Å²) in [6, 6.07) is 0.318. The Morgan fingerprint density at radius 1 is 1.50 bits per heavy atom. The first kappa shape index (κ1) is 11.5. The molecule has 1 heterocycles. The molecule has 2 atom stereocenters. The number of nitrogens with one attached hydrogen (secondary N) is 1. The highest BCUT2D eigenvalue weighted by molar-refractivity contribution is 5.79. The van der Waals surface area contributed by atoms with E-state index in [1.807, 2.05) is 0 Å². The second-order valence-corrected chi connectivity index (χ2v) is 4.33. The van der Waals surface area contributed by atoms with Crippen molar-refractivity contribution >= 4 is 5.97 Å². The van der Waals surface area contributed by atoms with E-state index in [1.165, 1.54) is 0 Å². The molecule has 0 aromatic heterocycles. The molecule has 1 saturated heterocycles. The summed E-state index contributed by atoms with van der Waals surface area (Å²) in [5.74, 6) is -4.68. The van der Waals surface area contributed by atoms with Crippen molar-refractivity contribution in [2.75, 3.05) is 6.54 Å². The van der Waals surface area contributed by atoms with Crippen molar-refractivity contribution < 1.29 is 18.3 Å². The molecule has 1 aliphatic heterocycles. The van der Waals surface area contributed by atoms with Crippen LogP contribution >= 0.6 is 0 Å². The second-order valence-electron chi connectivity index (χ2n) is 4.33. The topological polar surface area (TPSA) is 38.3 Å². The van der Waals surface area contributed by atoms with E-state index in [4.69, 9.17) is 0 Å². The zero-order chi connectivity index (χ0) is 11.6. The zero-order valence-corrected chi connectivity index (χ0v) is 8.92. The Hall–Kier alpha value is -0.970. The van der Waals surface area contributed by atoms with Crippen molar-refractivity contribution in [2.45, 2.75) is 43.8 Å². The van der Waals surface area contributed by atoms with Crippen LogP contribution in [0.15, 0.2) is 12.2 Å². The van der Waals surface area contributed by atoms with Crippen LogP contribution in [0.3, 0.4) is 0 Å². The lowest BCUT2D eigenvalue weighted by atomic mass is 10.0. The summed E-state index contributed by atoms with van der Waals surface area (Å²) in [5.41, 5.74) is 0. The lowest BCUT2D eigenvalue weighted by Crippen LogP contribution is -2.36. The summed E-state index contributed by atoms with van der Waals surface area (Å²) < 4.78 is 30.3. The third-order valence-electron chi connectivity index (χ3n) is 2.96. The average Bonchev–Trinajstić information content (AvgIpc) is 2.52. The van der Waals surface area contributed by atoms with Crippen LogP contribution in [0.4, 0.5) is 8.78 Å². The summed E-state index contributed by atoms with van der Waals surface area (Å²) >= 11 is 0. The maximum atomic E-state index is 12.8. The van der Waals surface area contributed by atoms with Gasteiger partial charge in [-0.25, -0.2) is 4.79 Å². The Kier molecular flexibility index (Phi) is 3.23.